The monoisotopic (exact) mass is 504 g/mol. The van der Waals surface area contributed by atoms with Crippen LogP contribution in [0.3, 0.4) is 0 Å². The fourth-order valence-electron chi connectivity index (χ4n) is 3.77. The van der Waals surface area contributed by atoms with Crippen LogP contribution in [-0.2, 0) is 20.9 Å². The number of urea groups is 1. The quantitative estimate of drug-likeness (QED) is 0.336. The molecule has 2 unspecified atom stereocenters. The molecule has 0 radical (unpaired) electrons. The smallest absolute Gasteiger partial charge is 0.334 e. The second-order valence-corrected chi connectivity index (χ2v) is 9.12. The Morgan fingerprint density at radius 3 is 1.97 bits per heavy atom. The van der Waals surface area contributed by atoms with Gasteiger partial charge < -0.3 is 25.2 Å². The first-order valence-electron chi connectivity index (χ1n) is 12.1. The number of carbonyl (C=O) groups excluding carboxylic acids is 2. The average molecular weight is 505 g/mol. The Bertz CT molecular complexity index is 1170. The van der Waals surface area contributed by atoms with Gasteiger partial charge in [-0.05, 0) is 28.2 Å². The lowest BCUT2D eigenvalue weighted by Crippen LogP contribution is -2.49. The van der Waals surface area contributed by atoms with Crippen LogP contribution >= 0.6 is 0 Å². The Labute approximate surface area is 216 Å². The molecule has 0 aliphatic carbocycles. The molecule has 3 rings (SSSR count). The molecule has 8 nitrogen and oxygen atoms in total. The van der Waals surface area contributed by atoms with Gasteiger partial charge in [-0.15, -0.1) is 0 Å². The molecule has 0 aliphatic heterocycles. The third kappa shape index (κ3) is 8.18. The molecular weight excluding hydrogens is 472 g/mol. The van der Waals surface area contributed by atoms with Crippen LogP contribution in [0.25, 0.3) is 11.1 Å². The van der Waals surface area contributed by atoms with Crippen LogP contribution in [0.2, 0.25) is 0 Å². The van der Waals surface area contributed by atoms with E-state index in [0.29, 0.717) is 5.56 Å². The summed E-state index contributed by atoms with van der Waals surface area (Å²) in [6.45, 7) is 3.53. The molecule has 0 aromatic heterocycles. The number of benzene rings is 3. The molecule has 8 heteroatoms. The van der Waals surface area contributed by atoms with Crippen LogP contribution < -0.4 is 5.32 Å². The second-order valence-electron chi connectivity index (χ2n) is 9.12. The van der Waals surface area contributed by atoms with E-state index in [4.69, 9.17) is 9.84 Å². The molecule has 194 valence electrons. The molecule has 0 spiro atoms. The average Bonchev–Trinajstić information content (AvgIpc) is 2.90. The highest BCUT2D eigenvalue weighted by Gasteiger charge is 2.29. The number of esters is 1. The molecular formula is C29H32N2O6. The number of aliphatic carboxylic acids is 1. The summed E-state index contributed by atoms with van der Waals surface area (Å²) < 4.78 is 5.52. The Balaban J connectivity index is 1.84. The first-order chi connectivity index (χ1) is 17.7. The number of carboxylic acids is 1. The van der Waals surface area contributed by atoms with E-state index in [1.54, 1.807) is 12.1 Å². The number of nitrogens with zero attached hydrogens (tertiary/aromatic N) is 1. The van der Waals surface area contributed by atoms with E-state index >= 15 is 0 Å². The number of nitrogens with one attached hydrogen (secondary N) is 1. The summed E-state index contributed by atoms with van der Waals surface area (Å²) in [6.07, 6.45) is -1.75. The number of amides is 2. The second kappa shape index (κ2) is 13.2. The van der Waals surface area contributed by atoms with Gasteiger partial charge in [-0.25, -0.2) is 14.4 Å². The number of hydrogen-bond donors (Lipinski definition) is 3. The van der Waals surface area contributed by atoms with Gasteiger partial charge in [0.1, 0.15) is 6.61 Å². The molecule has 3 aromatic carbocycles. The first-order valence-corrected chi connectivity index (χ1v) is 12.1. The minimum atomic E-state index is -1.75. The predicted molar refractivity (Wildman–Crippen MR) is 139 cm³/mol. The van der Waals surface area contributed by atoms with Gasteiger partial charge in [0.05, 0.1) is 6.54 Å². The molecule has 0 fully saturated rings. The van der Waals surface area contributed by atoms with Crippen molar-refractivity contribution in [2.45, 2.75) is 32.6 Å². The standard InChI is InChI=1S/C29H32N2O6/c1-20(2)17-31(18-25(32)27(33)34)29(36)30-26(28(35)37-19-21-9-5-3-6-10-21)24-15-13-23(14-16-24)22-11-7-4-8-12-22/h3-16,20,25-26,32H,17-19H2,1-2H3,(H,30,36)(H,33,34). The van der Waals surface area contributed by atoms with E-state index in [-0.39, 0.29) is 19.1 Å². The topological polar surface area (TPSA) is 116 Å². The Hall–Kier alpha value is -4.17. The van der Waals surface area contributed by atoms with Gasteiger partial charge in [-0.3, -0.25) is 0 Å². The predicted octanol–water partition coefficient (Wildman–Crippen LogP) is 4.25. The summed E-state index contributed by atoms with van der Waals surface area (Å²) >= 11 is 0. The van der Waals surface area contributed by atoms with Crippen molar-refractivity contribution in [2.75, 3.05) is 13.1 Å². The number of rotatable bonds is 11. The van der Waals surface area contributed by atoms with Gasteiger partial charge in [0, 0.05) is 6.54 Å². The number of ether oxygens (including phenoxy) is 1. The molecule has 0 saturated heterocycles. The van der Waals surface area contributed by atoms with Gasteiger partial charge in [0.2, 0.25) is 0 Å². The fourth-order valence-corrected chi connectivity index (χ4v) is 3.77. The minimum absolute atomic E-state index is 0.000355. The third-order valence-electron chi connectivity index (χ3n) is 5.63. The van der Waals surface area contributed by atoms with Crippen molar-refractivity contribution in [3.8, 4) is 11.1 Å². The Morgan fingerprint density at radius 1 is 0.838 bits per heavy atom. The maximum absolute atomic E-state index is 13.2. The number of hydrogen-bond acceptors (Lipinski definition) is 5. The van der Waals surface area contributed by atoms with Crippen LogP contribution in [0.4, 0.5) is 4.79 Å². The van der Waals surface area contributed by atoms with Gasteiger partial charge >= 0.3 is 18.0 Å². The molecule has 37 heavy (non-hydrogen) atoms. The summed E-state index contributed by atoms with van der Waals surface area (Å²) in [6, 6.07) is 24.3. The lowest BCUT2D eigenvalue weighted by molar-refractivity contribution is -0.148. The normalized spacial score (nSPS) is 12.4. The Kier molecular flexibility index (Phi) is 9.80. The summed E-state index contributed by atoms with van der Waals surface area (Å²) in [7, 11) is 0. The molecule has 0 bridgehead atoms. The van der Waals surface area contributed by atoms with Crippen LogP contribution in [0.1, 0.15) is 31.0 Å². The van der Waals surface area contributed by atoms with Crippen LogP contribution in [0.5, 0.6) is 0 Å². The van der Waals surface area contributed by atoms with Gasteiger partial charge in [0.15, 0.2) is 12.1 Å². The van der Waals surface area contributed by atoms with Crippen molar-refractivity contribution < 1.29 is 29.3 Å². The van der Waals surface area contributed by atoms with Crippen molar-refractivity contribution in [3.05, 3.63) is 96.1 Å². The van der Waals surface area contributed by atoms with E-state index < -0.39 is 36.7 Å². The van der Waals surface area contributed by atoms with Crippen molar-refractivity contribution in [3.63, 3.8) is 0 Å². The maximum Gasteiger partial charge on any atom is 0.334 e. The number of carboxylic acid groups (broad SMARTS) is 1. The van der Waals surface area contributed by atoms with Crippen molar-refractivity contribution in [1.29, 1.82) is 0 Å². The Morgan fingerprint density at radius 2 is 1.41 bits per heavy atom. The highest BCUT2D eigenvalue weighted by Crippen LogP contribution is 2.23. The highest BCUT2D eigenvalue weighted by atomic mass is 16.5. The van der Waals surface area contributed by atoms with Crippen LogP contribution in [-0.4, -0.2) is 52.3 Å². The van der Waals surface area contributed by atoms with Crippen LogP contribution in [0, 0.1) is 5.92 Å². The zero-order chi connectivity index (χ0) is 26.8. The van der Waals surface area contributed by atoms with Crippen molar-refractivity contribution in [2.24, 2.45) is 5.92 Å². The molecule has 3 aromatic rings. The van der Waals surface area contributed by atoms with E-state index in [9.17, 15) is 19.5 Å². The van der Waals surface area contributed by atoms with Crippen molar-refractivity contribution in [1.82, 2.24) is 10.2 Å². The maximum atomic E-state index is 13.2. The number of carbonyl (C=O) groups is 3. The lowest BCUT2D eigenvalue weighted by Gasteiger charge is -2.28. The molecule has 3 N–H and O–H groups in total. The summed E-state index contributed by atoms with van der Waals surface area (Å²) in [5.74, 6) is -2.09. The molecule has 2 atom stereocenters. The SMILES string of the molecule is CC(C)CN(CC(O)C(=O)O)C(=O)NC(C(=O)OCc1ccccc1)c1ccc(-c2ccccc2)cc1. The summed E-state index contributed by atoms with van der Waals surface area (Å²) in [5.41, 5.74) is 3.26. The zero-order valence-electron chi connectivity index (χ0n) is 20.9. The van der Waals surface area contributed by atoms with E-state index in [1.807, 2.05) is 86.6 Å². The molecule has 0 aliphatic rings. The van der Waals surface area contributed by atoms with E-state index in [1.165, 1.54) is 4.90 Å². The fraction of sp³-hybridized carbons (Fsp3) is 0.276. The van der Waals surface area contributed by atoms with Crippen LogP contribution in [0.15, 0.2) is 84.9 Å². The lowest BCUT2D eigenvalue weighted by atomic mass is 10.0. The zero-order valence-corrected chi connectivity index (χ0v) is 20.9. The van der Waals surface area contributed by atoms with Gasteiger partial charge in [0.25, 0.3) is 0 Å². The number of aliphatic hydroxyl groups is 1. The molecule has 0 saturated carbocycles. The third-order valence-corrected chi connectivity index (χ3v) is 5.63. The van der Waals surface area contributed by atoms with Crippen molar-refractivity contribution >= 4 is 18.0 Å². The largest absolute Gasteiger partial charge is 0.479 e. The van der Waals surface area contributed by atoms with Gasteiger partial charge in [-0.2, -0.15) is 0 Å². The molecule has 0 heterocycles. The summed E-state index contributed by atoms with van der Waals surface area (Å²) in [5, 5.41) is 21.7. The number of aliphatic hydroxyl groups excluding tert-OH is 1. The minimum Gasteiger partial charge on any atom is -0.479 e. The van der Waals surface area contributed by atoms with E-state index in [2.05, 4.69) is 5.32 Å². The van der Waals surface area contributed by atoms with E-state index in [0.717, 1.165) is 16.7 Å². The van der Waals surface area contributed by atoms with Gasteiger partial charge in [-0.1, -0.05) is 98.8 Å². The molecule has 2 amide bonds. The first kappa shape index (κ1) is 27.4. The highest BCUT2D eigenvalue weighted by molar-refractivity contribution is 5.85. The summed E-state index contributed by atoms with van der Waals surface area (Å²) in [4.78, 5) is 38.7.